The lowest BCUT2D eigenvalue weighted by Gasteiger charge is -2.02. The van der Waals surface area contributed by atoms with Crippen molar-refractivity contribution in [2.24, 2.45) is 0 Å². The summed E-state index contributed by atoms with van der Waals surface area (Å²) < 4.78 is 2.10. The van der Waals surface area contributed by atoms with E-state index in [1.165, 1.54) is 0 Å². The third-order valence-electron chi connectivity index (χ3n) is 1.33. The standard InChI is InChI=1S/C6H15N3/c1-5-9(4)6(7-2)8-3/h5H2,1-4H3,(H,7,8)/p+1. The van der Waals surface area contributed by atoms with E-state index in [1.54, 1.807) is 0 Å². The first-order chi connectivity index (χ1) is 4.26. The van der Waals surface area contributed by atoms with E-state index in [9.17, 15) is 0 Å². The fourth-order valence-corrected chi connectivity index (χ4v) is 0.665. The summed E-state index contributed by atoms with van der Waals surface area (Å²) in [5, 5.41) is 6.07. The van der Waals surface area contributed by atoms with Gasteiger partial charge >= 0.3 is 5.96 Å². The lowest BCUT2D eigenvalue weighted by molar-refractivity contribution is -0.497. The molecule has 0 bridgehead atoms. The minimum Gasteiger partial charge on any atom is -0.281 e. The summed E-state index contributed by atoms with van der Waals surface area (Å²) in [5.41, 5.74) is 0. The Morgan fingerprint density at radius 1 is 1.33 bits per heavy atom. The van der Waals surface area contributed by atoms with E-state index in [4.69, 9.17) is 0 Å². The average Bonchev–Trinajstić information content (AvgIpc) is 1.90. The van der Waals surface area contributed by atoms with E-state index in [0.717, 1.165) is 12.5 Å². The van der Waals surface area contributed by atoms with Crippen molar-refractivity contribution in [3.8, 4) is 0 Å². The van der Waals surface area contributed by atoms with Crippen molar-refractivity contribution in [2.45, 2.75) is 6.92 Å². The summed E-state index contributed by atoms with van der Waals surface area (Å²) in [4.78, 5) is 0. The average molecular weight is 130 g/mol. The molecule has 9 heavy (non-hydrogen) atoms. The lowest BCUT2D eigenvalue weighted by atomic mass is 10.7. The lowest BCUT2D eigenvalue weighted by Crippen LogP contribution is -2.39. The van der Waals surface area contributed by atoms with Crippen molar-refractivity contribution in [3.63, 3.8) is 0 Å². The summed E-state index contributed by atoms with van der Waals surface area (Å²) in [7, 11) is 5.83. The molecule has 0 atom stereocenters. The highest BCUT2D eigenvalue weighted by Gasteiger charge is 1.98. The second kappa shape index (κ2) is 4.18. The highest BCUT2D eigenvalue weighted by molar-refractivity contribution is 5.73. The summed E-state index contributed by atoms with van der Waals surface area (Å²) in [6, 6.07) is 0. The Kier molecular flexibility index (Phi) is 3.84. The Hall–Kier alpha value is -0.730. The molecule has 0 aromatic carbocycles. The molecular formula is C6H16N3+. The van der Waals surface area contributed by atoms with Gasteiger partial charge in [-0.25, -0.2) is 0 Å². The van der Waals surface area contributed by atoms with E-state index in [2.05, 4.69) is 22.1 Å². The van der Waals surface area contributed by atoms with Gasteiger partial charge in [-0.3, -0.25) is 15.2 Å². The molecule has 0 aliphatic carbocycles. The highest BCUT2D eigenvalue weighted by atomic mass is 15.2. The molecule has 0 spiro atoms. The Labute approximate surface area is 56.8 Å². The van der Waals surface area contributed by atoms with Crippen molar-refractivity contribution >= 4 is 5.96 Å². The zero-order valence-corrected chi connectivity index (χ0v) is 6.65. The molecule has 0 amide bonds. The van der Waals surface area contributed by atoms with E-state index in [0.29, 0.717) is 0 Å². The molecule has 0 unspecified atom stereocenters. The first-order valence-electron chi connectivity index (χ1n) is 3.19. The molecular weight excluding hydrogens is 114 g/mol. The van der Waals surface area contributed by atoms with Crippen LogP contribution in [0, 0.1) is 0 Å². The van der Waals surface area contributed by atoms with Crippen LogP contribution in [0.3, 0.4) is 0 Å². The number of nitrogens with one attached hydrogen (secondary N) is 2. The molecule has 0 aromatic heterocycles. The molecule has 0 saturated carbocycles. The number of nitrogens with zero attached hydrogens (tertiary/aromatic N) is 1. The van der Waals surface area contributed by atoms with Gasteiger partial charge in [0.2, 0.25) is 0 Å². The van der Waals surface area contributed by atoms with E-state index < -0.39 is 0 Å². The second-order valence-corrected chi connectivity index (χ2v) is 1.86. The Bertz CT molecular complexity index is 101. The number of rotatable bonds is 1. The normalized spacial score (nSPS) is 8.44. The van der Waals surface area contributed by atoms with Gasteiger partial charge in [0.05, 0.1) is 27.7 Å². The molecule has 0 fully saturated rings. The number of guanidine groups is 1. The fourth-order valence-electron chi connectivity index (χ4n) is 0.665. The monoisotopic (exact) mass is 130 g/mol. The summed E-state index contributed by atoms with van der Waals surface area (Å²) >= 11 is 0. The maximum Gasteiger partial charge on any atom is 0.345 e. The Morgan fingerprint density at radius 2 is 1.78 bits per heavy atom. The summed E-state index contributed by atoms with van der Waals surface area (Å²) in [5.74, 6) is 1.05. The van der Waals surface area contributed by atoms with Gasteiger partial charge in [0.1, 0.15) is 0 Å². The van der Waals surface area contributed by atoms with Crippen molar-refractivity contribution in [1.29, 1.82) is 0 Å². The van der Waals surface area contributed by atoms with Crippen LogP contribution in [0.15, 0.2) is 0 Å². The Morgan fingerprint density at radius 3 is 1.89 bits per heavy atom. The van der Waals surface area contributed by atoms with Gasteiger partial charge in [-0.15, -0.1) is 0 Å². The zero-order chi connectivity index (χ0) is 7.28. The highest BCUT2D eigenvalue weighted by Crippen LogP contribution is 1.65. The van der Waals surface area contributed by atoms with Gasteiger partial charge in [0.15, 0.2) is 0 Å². The van der Waals surface area contributed by atoms with Crippen molar-refractivity contribution < 1.29 is 4.58 Å². The zero-order valence-electron chi connectivity index (χ0n) is 6.65. The second-order valence-electron chi connectivity index (χ2n) is 1.86. The SMILES string of the molecule is CC[N+](C)=C(NC)NC. The topological polar surface area (TPSA) is 27.1 Å². The maximum atomic E-state index is 3.03. The quantitative estimate of drug-likeness (QED) is 0.283. The summed E-state index contributed by atoms with van der Waals surface area (Å²) in [6.45, 7) is 3.12. The van der Waals surface area contributed by atoms with Crippen LogP contribution in [-0.4, -0.2) is 38.2 Å². The van der Waals surface area contributed by atoms with Crippen LogP contribution in [0.1, 0.15) is 6.92 Å². The van der Waals surface area contributed by atoms with Crippen LogP contribution in [0.25, 0.3) is 0 Å². The first-order valence-corrected chi connectivity index (χ1v) is 3.19. The van der Waals surface area contributed by atoms with Gasteiger partial charge in [-0.1, -0.05) is 0 Å². The molecule has 2 N–H and O–H groups in total. The first kappa shape index (κ1) is 8.27. The molecule has 3 heteroatoms. The minimum absolute atomic E-state index is 1.01. The molecule has 0 heterocycles. The summed E-state index contributed by atoms with van der Waals surface area (Å²) in [6.07, 6.45) is 0. The smallest absolute Gasteiger partial charge is 0.281 e. The van der Waals surface area contributed by atoms with E-state index in [-0.39, 0.29) is 0 Å². The van der Waals surface area contributed by atoms with Crippen molar-refractivity contribution in [1.82, 2.24) is 10.6 Å². The number of hydrogen-bond donors (Lipinski definition) is 2. The third kappa shape index (κ3) is 2.35. The van der Waals surface area contributed by atoms with Crippen molar-refractivity contribution in [3.05, 3.63) is 0 Å². The van der Waals surface area contributed by atoms with Crippen LogP contribution in [0.2, 0.25) is 0 Å². The van der Waals surface area contributed by atoms with Crippen LogP contribution in [0.4, 0.5) is 0 Å². The van der Waals surface area contributed by atoms with Crippen LogP contribution in [0.5, 0.6) is 0 Å². The molecule has 3 nitrogen and oxygen atoms in total. The number of hydrogen-bond acceptors (Lipinski definition) is 0. The van der Waals surface area contributed by atoms with Gasteiger partial charge < -0.3 is 0 Å². The molecule has 0 rings (SSSR count). The van der Waals surface area contributed by atoms with Gasteiger partial charge in [0.25, 0.3) is 0 Å². The molecule has 0 aliphatic rings. The minimum atomic E-state index is 1.01. The molecule has 0 radical (unpaired) electrons. The third-order valence-corrected chi connectivity index (χ3v) is 1.33. The maximum absolute atomic E-state index is 3.03. The van der Waals surface area contributed by atoms with Gasteiger partial charge in [-0.2, -0.15) is 0 Å². The van der Waals surface area contributed by atoms with Crippen molar-refractivity contribution in [2.75, 3.05) is 27.7 Å². The van der Waals surface area contributed by atoms with Crippen LogP contribution in [-0.2, 0) is 0 Å². The predicted octanol–water partition coefficient (Wildman–Crippen LogP) is -0.557. The van der Waals surface area contributed by atoms with Gasteiger partial charge in [-0.05, 0) is 6.92 Å². The predicted molar refractivity (Wildman–Crippen MR) is 39.9 cm³/mol. The van der Waals surface area contributed by atoms with Gasteiger partial charge in [0, 0.05) is 0 Å². The van der Waals surface area contributed by atoms with E-state index in [1.807, 2.05) is 21.1 Å². The Balaban J connectivity index is 4.01. The molecule has 0 aromatic rings. The fraction of sp³-hybridized carbons (Fsp3) is 0.833. The van der Waals surface area contributed by atoms with Crippen LogP contribution < -0.4 is 10.6 Å². The molecule has 0 aliphatic heterocycles. The largest absolute Gasteiger partial charge is 0.345 e. The molecule has 54 valence electrons. The molecule has 0 saturated heterocycles. The van der Waals surface area contributed by atoms with Crippen LogP contribution >= 0.6 is 0 Å². The van der Waals surface area contributed by atoms with E-state index >= 15 is 0 Å².